The minimum absolute atomic E-state index is 0.0520. The number of piperazine rings is 1. The molecule has 6 nitrogen and oxygen atoms in total. The molecular weight excluding hydrogens is 354 g/mol. The van der Waals surface area contributed by atoms with E-state index in [9.17, 15) is 14.9 Å². The zero-order chi connectivity index (χ0) is 19.5. The van der Waals surface area contributed by atoms with Gasteiger partial charge in [0.15, 0.2) is 0 Å². The molecule has 0 radical (unpaired) electrons. The average Bonchev–Trinajstić information content (AvgIpc) is 3.54. The third-order valence-corrected chi connectivity index (χ3v) is 5.71. The second-order valence-corrected chi connectivity index (χ2v) is 7.76. The van der Waals surface area contributed by atoms with E-state index in [4.69, 9.17) is 0 Å². The van der Waals surface area contributed by atoms with Crippen molar-refractivity contribution in [2.75, 3.05) is 19.6 Å². The molecule has 0 aromatic heterocycles. The molecule has 1 unspecified atom stereocenters. The number of hydrogen-bond acceptors (Lipinski definition) is 4. The number of nitro groups is 1. The molecule has 0 N–H and O–H groups in total. The fraction of sp³-hybridized carbons (Fsp3) is 0.409. The van der Waals surface area contributed by atoms with Gasteiger partial charge in [-0.15, -0.1) is 0 Å². The van der Waals surface area contributed by atoms with Gasteiger partial charge in [-0.05, 0) is 30.4 Å². The number of nitrogens with zero attached hydrogens (tertiary/aromatic N) is 3. The molecule has 2 aromatic rings. The zero-order valence-electron chi connectivity index (χ0n) is 15.9. The Kier molecular flexibility index (Phi) is 5.39. The van der Waals surface area contributed by atoms with Gasteiger partial charge in [0.05, 0.1) is 11.3 Å². The maximum absolute atomic E-state index is 13.1. The highest BCUT2D eigenvalue weighted by molar-refractivity contribution is 5.79. The molecule has 1 atom stereocenters. The Labute approximate surface area is 164 Å². The number of carbonyl (C=O) groups excluding carboxylic acids is 1. The van der Waals surface area contributed by atoms with Crippen molar-refractivity contribution in [1.82, 2.24) is 9.80 Å². The number of nitro benzene ring substituents is 1. The highest BCUT2D eigenvalue weighted by atomic mass is 16.6. The summed E-state index contributed by atoms with van der Waals surface area (Å²) in [5.41, 5.74) is 2.12. The summed E-state index contributed by atoms with van der Waals surface area (Å²) in [6.45, 7) is 2.60. The normalized spacial score (nSPS) is 20.1. The van der Waals surface area contributed by atoms with Gasteiger partial charge in [0.2, 0.25) is 5.91 Å². The molecule has 2 aliphatic rings. The maximum atomic E-state index is 13.1. The fourth-order valence-electron chi connectivity index (χ4n) is 4.05. The Morgan fingerprint density at radius 3 is 2.36 bits per heavy atom. The van der Waals surface area contributed by atoms with E-state index in [1.54, 1.807) is 12.1 Å². The molecule has 2 fully saturated rings. The van der Waals surface area contributed by atoms with Crippen LogP contribution in [0, 0.1) is 10.1 Å². The fourth-order valence-corrected chi connectivity index (χ4v) is 4.05. The standard InChI is InChI=1S/C22H25N3O3/c26-22(15-18-6-8-20(9-7-18)25(27)28)24-13-12-23(19-10-11-19)16-21(24)14-17-4-2-1-3-5-17/h1-9,19,21H,10-16H2. The van der Waals surface area contributed by atoms with Gasteiger partial charge >= 0.3 is 0 Å². The van der Waals surface area contributed by atoms with Crippen LogP contribution in [-0.4, -0.2) is 52.3 Å². The first-order valence-electron chi connectivity index (χ1n) is 9.91. The third-order valence-electron chi connectivity index (χ3n) is 5.71. The highest BCUT2D eigenvalue weighted by Gasteiger charge is 2.37. The van der Waals surface area contributed by atoms with Crippen molar-refractivity contribution in [3.05, 3.63) is 75.8 Å². The van der Waals surface area contributed by atoms with Crippen LogP contribution in [0.4, 0.5) is 5.69 Å². The van der Waals surface area contributed by atoms with Crippen molar-refractivity contribution in [1.29, 1.82) is 0 Å². The Morgan fingerprint density at radius 2 is 1.71 bits per heavy atom. The lowest BCUT2D eigenvalue weighted by atomic mass is 10.0. The molecule has 2 aromatic carbocycles. The van der Waals surface area contributed by atoms with Gasteiger partial charge < -0.3 is 4.90 Å². The monoisotopic (exact) mass is 379 g/mol. The summed E-state index contributed by atoms with van der Waals surface area (Å²) in [6, 6.07) is 17.5. The van der Waals surface area contributed by atoms with Crippen LogP contribution in [0.3, 0.4) is 0 Å². The lowest BCUT2D eigenvalue weighted by molar-refractivity contribution is -0.384. The van der Waals surface area contributed by atoms with Crippen LogP contribution < -0.4 is 0 Å². The van der Waals surface area contributed by atoms with Gasteiger partial charge in [-0.25, -0.2) is 0 Å². The Bertz CT molecular complexity index is 834. The molecule has 0 spiro atoms. The molecule has 146 valence electrons. The summed E-state index contributed by atoms with van der Waals surface area (Å²) in [5, 5.41) is 10.8. The van der Waals surface area contributed by atoms with Crippen molar-refractivity contribution in [3.8, 4) is 0 Å². The van der Waals surface area contributed by atoms with Gasteiger partial charge in [-0.1, -0.05) is 42.5 Å². The first-order chi connectivity index (χ1) is 13.6. The first-order valence-corrected chi connectivity index (χ1v) is 9.91. The summed E-state index contributed by atoms with van der Waals surface area (Å²) in [4.78, 5) is 28.0. The predicted octanol–water partition coefficient (Wildman–Crippen LogP) is 3.06. The van der Waals surface area contributed by atoms with Crippen LogP contribution in [0.2, 0.25) is 0 Å². The van der Waals surface area contributed by atoms with E-state index in [0.717, 1.165) is 31.6 Å². The highest BCUT2D eigenvalue weighted by Crippen LogP contribution is 2.30. The van der Waals surface area contributed by atoms with E-state index >= 15 is 0 Å². The molecule has 1 amide bonds. The second kappa shape index (κ2) is 8.10. The summed E-state index contributed by atoms with van der Waals surface area (Å²) in [6.07, 6.45) is 3.69. The van der Waals surface area contributed by atoms with E-state index < -0.39 is 4.92 Å². The Morgan fingerprint density at radius 1 is 1.00 bits per heavy atom. The topological polar surface area (TPSA) is 66.7 Å². The molecule has 28 heavy (non-hydrogen) atoms. The number of amides is 1. The van der Waals surface area contributed by atoms with Crippen LogP contribution in [0.5, 0.6) is 0 Å². The van der Waals surface area contributed by atoms with Crippen molar-refractivity contribution >= 4 is 11.6 Å². The molecule has 1 aliphatic heterocycles. The number of hydrogen-bond donors (Lipinski definition) is 0. The minimum atomic E-state index is -0.418. The van der Waals surface area contributed by atoms with E-state index in [0.29, 0.717) is 6.04 Å². The number of non-ortho nitro benzene ring substituents is 1. The Balaban J connectivity index is 1.46. The molecular formula is C22H25N3O3. The number of benzene rings is 2. The predicted molar refractivity (Wildman–Crippen MR) is 107 cm³/mol. The van der Waals surface area contributed by atoms with E-state index in [-0.39, 0.29) is 24.1 Å². The van der Waals surface area contributed by atoms with Crippen molar-refractivity contribution in [2.24, 2.45) is 0 Å². The zero-order valence-corrected chi connectivity index (χ0v) is 15.9. The second-order valence-electron chi connectivity index (χ2n) is 7.76. The lowest BCUT2D eigenvalue weighted by Gasteiger charge is -2.42. The van der Waals surface area contributed by atoms with Crippen molar-refractivity contribution in [3.63, 3.8) is 0 Å². The van der Waals surface area contributed by atoms with E-state index in [1.807, 2.05) is 23.1 Å². The number of rotatable bonds is 6. The molecule has 1 aliphatic carbocycles. The molecule has 1 saturated carbocycles. The number of carbonyl (C=O) groups is 1. The van der Waals surface area contributed by atoms with Crippen LogP contribution in [0.15, 0.2) is 54.6 Å². The molecule has 6 heteroatoms. The van der Waals surface area contributed by atoms with Gasteiger partial charge in [0.25, 0.3) is 5.69 Å². The van der Waals surface area contributed by atoms with E-state index in [2.05, 4.69) is 17.0 Å². The molecule has 1 heterocycles. The van der Waals surface area contributed by atoms with Gasteiger partial charge in [0.1, 0.15) is 0 Å². The summed E-state index contributed by atoms with van der Waals surface area (Å²) in [7, 11) is 0. The first kappa shape index (κ1) is 18.6. The Hall–Kier alpha value is -2.73. The van der Waals surface area contributed by atoms with Crippen LogP contribution in [-0.2, 0) is 17.6 Å². The SMILES string of the molecule is O=C(Cc1ccc([N+](=O)[O-])cc1)N1CCN(C2CC2)CC1Cc1ccccc1. The van der Waals surface area contributed by atoms with Crippen LogP contribution in [0.1, 0.15) is 24.0 Å². The smallest absolute Gasteiger partial charge is 0.269 e. The quantitative estimate of drug-likeness (QED) is 0.571. The summed E-state index contributed by atoms with van der Waals surface area (Å²) >= 11 is 0. The van der Waals surface area contributed by atoms with Crippen molar-refractivity contribution in [2.45, 2.75) is 37.8 Å². The maximum Gasteiger partial charge on any atom is 0.269 e. The van der Waals surface area contributed by atoms with Crippen LogP contribution >= 0.6 is 0 Å². The van der Waals surface area contributed by atoms with E-state index in [1.165, 1.54) is 30.5 Å². The van der Waals surface area contributed by atoms with Crippen LogP contribution in [0.25, 0.3) is 0 Å². The van der Waals surface area contributed by atoms with Gasteiger partial charge in [-0.2, -0.15) is 0 Å². The summed E-state index contributed by atoms with van der Waals surface area (Å²) in [5.74, 6) is 0.102. The van der Waals surface area contributed by atoms with Gasteiger partial charge in [-0.3, -0.25) is 19.8 Å². The third kappa shape index (κ3) is 4.39. The average molecular weight is 379 g/mol. The van der Waals surface area contributed by atoms with Crippen molar-refractivity contribution < 1.29 is 9.72 Å². The molecule has 4 rings (SSSR count). The minimum Gasteiger partial charge on any atom is -0.337 e. The molecule has 1 saturated heterocycles. The molecule has 0 bridgehead atoms. The lowest BCUT2D eigenvalue weighted by Crippen LogP contribution is -2.56. The van der Waals surface area contributed by atoms with Gasteiger partial charge in [0, 0.05) is 43.9 Å². The largest absolute Gasteiger partial charge is 0.337 e. The summed E-state index contributed by atoms with van der Waals surface area (Å²) < 4.78 is 0.